The Kier molecular flexibility index (Phi) is 5.66. The van der Waals surface area contributed by atoms with Crippen molar-refractivity contribution >= 4 is 35.0 Å². The molecule has 1 spiro atoms. The molecule has 1 aliphatic carbocycles. The van der Waals surface area contributed by atoms with Crippen molar-refractivity contribution in [1.29, 1.82) is 0 Å². The number of hydrogen-bond acceptors (Lipinski definition) is 9. The lowest BCUT2D eigenvalue weighted by Gasteiger charge is -2.43. The zero-order valence-electron chi connectivity index (χ0n) is 17.4. The molecule has 2 aliphatic rings. The molecule has 1 saturated heterocycles. The maximum absolute atomic E-state index is 9.99. The van der Waals surface area contributed by atoms with Crippen LogP contribution in [0.4, 0.5) is 11.6 Å². The Morgan fingerprint density at radius 1 is 1.19 bits per heavy atom. The van der Waals surface area contributed by atoms with Crippen molar-refractivity contribution in [3.8, 4) is 0 Å². The second-order valence-electron chi connectivity index (χ2n) is 8.20. The van der Waals surface area contributed by atoms with Gasteiger partial charge in [0.1, 0.15) is 16.5 Å². The van der Waals surface area contributed by atoms with Crippen LogP contribution in [0.3, 0.4) is 0 Å². The van der Waals surface area contributed by atoms with E-state index in [1.54, 1.807) is 18.5 Å². The third-order valence-corrected chi connectivity index (χ3v) is 8.03. The van der Waals surface area contributed by atoms with Gasteiger partial charge in [0.25, 0.3) is 0 Å². The van der Waals surface area contributed by atoms with E-state index in [9.17, 15) is 5.11 Å². The molecule has 0 bridgehead atoms. The first-order chi connectivity index (χ1) is 15.5. The van der Waals surface area contributed by atoms with E-state index in [2.05, 4.69) is 30.9 Å². The third kappa shape index (κ3) is 3.59. The van der Waals surface area contributed by atoms with Gasteiger partial charge in [0.2, 0.25) is 0 Å². The number of aliphatic hydroxyl groups excluding tert-OH is 1. The van der Waals surface area contributed by atoms with Crippen molar-refractivity contribution in [1.82, 2.24) is 19.9 Å². The largest absolute Gasteiger partial charge is 0.390 e. The van der Waals surface area contributed by atoms with E-state index in [-0.39, 0.29) is 23.9 Å². The molecular weight excluding hydrogens is 446 g/mol. The Morgan fingerprint density at radius 3 is 2.78 bits per heavy atom. The molecule has 0 radical (unpaired) electrons. The second-order valence-corrected chi connectivity index (χ2v) is 9.64. The Labute approximate surface area is 195 Å². The SMILES string of the molecule is Nc1nccc(Sc2cnc(N3CCC4(CC3)c3cccnc3C[C@H]4N)c(CO)n2)c1Cl. The van der Waals surface area contributed by atoms with E-state index in [1.807, 2.05) is 12.3 Å². The summed E-state index contributed by atoms with van der Waals surface area (Å²) in [7, 11) is 0. The van der Waals surface area contributed by atoms with Crippen LogP contribution in [0.25, 0.3) is 0 Å². The number of aliphatic hydroxyl groups is 1. The van der Waals surface area contributed by atoms with Gasteiger partial charge in [-0.2, -0.15) is 0 Å². The van der Waals surface area contributed by atoms with Crippen LogP contribution in [-0.2, 0) is 18.4 Å². The standard InChI is InChI=1S/C22H24ClN7OS/c23-19-16(3-7-27-20(19)25)32-18-11-28-21(15(12-31)29-18)30-8-4-22(5-9-30)13-2-1-6-26-14(13)10-17(22)24/h1-3,6-7,11,17,31H,4-5,8-10,12,24H2,(H2,25,27)/t17-/m1/s1. The highest BCUT2D eigenvalue weighted by Gasteiger charge is 2.47. The Balaban J connectivity index is 1.36. The summed E-state index contributed by atoms with van der Waals surface area (Å²) in [6, 6.07) is 6.03. The molecule has 0 saturated carbocycles. The van der Waals surface area contributed by atoms with Crippen LogP contribution in [0.5, 0.6) is 0 Å². The molecule has 0 aromatic carbocycles. The fourth-order valence-electron chi connectivity index (χ4n) is 4.87. The molecular formula is C22H24ClN7OS. The molecule has 8 nitrogen and oxygen atoms in total. The van der Waals surface area contributed by atoms with E-state index in [0.717, 1.165) is 42.9 Å². The molecule has 5 rings (SSSR count). The van der Waals surface area contributed by atoms with E-state index >= 15 is 0 Å². The third-order valence-electron chi connectivity index (χ3n) is 6.55. The molecule has 0 amide bonds. The number of fused-ring (bicyclic) bond motifs is 2. The highest BCUT2D eigenvalue weighted by atomic mass is 35.5. The first kappa shape index (κ1) is 21.4. The van der Waals surface area contributed by atoms with Crippen molar-refractivity contribution in [2.45, 2.75) is 47.2 Å². The van der Waals surface area contributed by atoms with Gasteiger partial charge in [-0.25, -0.2) is 15.0 Å². The second kappa shape index (κ2) is 8.47. The fraction of sp³-hybridized carbons (Fsp3) is 0.364. The van der Waals surface area contributed by atoms with Crippen LogP contribution >= 0.6 is 23.4 Å². The Bertz CT molecular complexity index is 1150. The molecule has 1 fully saturated rings. The van der Waals surface area contributed by atoms with E-state index < -0.39 is 0 Å². The average molecular weight is 470 g/mol. The minimum atomic E-state index is -0.198. The van der Waals surface area contributed by atoms with Crippen LogP contribution < -0.4 is 16.4 Å². The van der Waals surface area contributed by atoms with Crippen molar-refractivity contribution in [3.63, 3.8) is 0 Å². The van der Waals surface area contributed by atoms with Crippen molar-refractivity contribution in [2.75, 3.05) is 23.7 Å². The number of hydrogen-bond donors (Lipinski definition) is 3. The average Bonchev–Trinajstić information content (AvgIpc) is 3.08. The number of nitrogen functional groups attached to an aromatic ring is 1. The monoisotopic (exact) mass is 469 g/mol. The van der Waals surface area contributed by atoms with Gasteiger partial charge in [0, 0.05) is 54.0 Å². The zero-order chi connectivity index (χ0) is 22.3. The normalized spacial score (nSPS) is 19.3. The number of aromatic nitrogens is 4. The number of nitrogens with zero attached hydrogens (tertiary/aromatic N) is 5. The summed E-state index contributed by atoms with van der Waals surface area (Å²) in [4.78, 5) is 20.7. The van der Waals surface area contributed by atoms with Crippen LogP contribution in [0.2, 0.25) is 5.02 Å². The summed E-state index contributed by atoms with van der Waals surface area (Å²) in [5, 5.41) is 11.0. The molecule has 3 aromatic heterocycles. The van der Waals surface area contributed by atoms with Gasteiger partial charge in [-0.05, 0) is 30.5 Å². The summed E-state index contributed by atoms with van der Waals surface area (Å²) < 4.78 is 0. The maximum atomic E-state index is 9.99. The smallest absolute Gasteiger partial charge is 0.152 e. The van der Waals surface area contributed by atoms with Crippen LogP contribution in [0.15, 0.2) is 46.7 Å². The highest BCUT2D eigenvalue weighted by Crippen LogP contribution is 2.45. The minimum Gasteiger partial charge on any atom is -0.390 e. The molecule has 0 unspecified atom stereocenters. The summed E-state index contributed by atoms with van der Waals surface area (Å²) in [6.07, 6.45) is 7.81. The fourth-order valence-corrected chi connectivity index (χ4v) is 5.91. The number of anilines is 2. The van der Waals surface area contributed by atoms with Crippen molar-refractivity contribution in [3.05, 3.63) is 58.8 Å². The predicted octanol–water partition coefficient (Wildman–Crippen LogP) is 2.57. The van der Waals surface area contributed by atoms with Crippen LogP contribution in [0.1, 0.15) is 29.8 Å². The molecule has 1 aliphatic heterocycles. The van der Waals surface area contributed by atoms with E-state index in [4.69, 9.17) is 23.1 Å². The summed E-state index contributed by atoms with van der Waals surface area (Å²) in [6.45, 7) is 1.39. The van der Waals surface area contributed by atoms with Gasteiger partial charge < -0.3 is 21.5 Å². The first-order valence-electron chi connectivity index (χ1n) is 10.5. The summed E-state index contributed by atoms with van der Waals surface area (Å²) >= 11 is 7.59. The maximum Gasteiger partial charge on any atom is 0.152 e. The molecule has 3 aromatic rings. The first-order valence-corrected chi connectivity index (χ1v) is 11.7. The number of piperidine rings is 1. The molecule has 10 heteroatoms. The number of pyridine rings is 2. The predicted molar refractivity (Wildman–Crippen MR) is 125 cm³/mol. The number of nitrogens with two attached hydrogens (primary N) is 2. The molecule has 4 heterocycles. The Morgan fingerprint density at radius 2 is 2.00 bits per heavy atom. The van der Waals surface area contributed by atoms with Gasteiger partial charge >= 0.3 is 0 Å². The molecule has 1 atom stereocenters. The van der Waals surface area contributed by atoms with Crippen LogP contribution in [0, 0.1) is 0 Å². The quantitative estimate of drug-likeness (QED) is 0.528. The summed E-state index contributed by atoms with van der Waals surface area (Å²) in [5.74, 6) is 0.984. The highest BCUT2D eigenvalue weighted by molar-refractivity contribution is 7.99. The molecule has 5 N–H and O–H groups in total. The van der Waals surface area contributed by atoms with Crippen molar-refractivity contribution < 1.29 is 5.11 Å². The van der Waals surface area contributed by atoms with E-state index in [1.165, 1.54) is 17.3 Å². The number of rotatable bonds is 4. The Hall–Kier alpha value is -2.46. The van der Waals surface area contributed by atoms with Gasteiger partial charge in [-0.1, -0.05) is 29.4 Å². The number of halogens is 1. The minimum absolute atomic E-state index is 0.0410. The van der Waals surface area contributed by atoms with Gasteiger partial charge in [0.05, 0.1) is 17.8 Å². The van der Waals surface area contributed by atoms with Gasteiger partial charge in [-0.15, -0.1) is 0 Å². The molecule has 166 valence electrons. The van der Waals surface area contributed by atoms with Crippen LogP contribution in [-0.4, -0.2) is 44.2 Å². The molecule has 32 heavy (non-hydrogen) atoms. The lowest BCUT2D eigenvalue weighted by Crippen LogP contribution is -2.51. The van der Waals surface area contributed by atoms with Crippen molar-refractivity contribution in [2.24, 2.45) is 5.73 Å². The summed E-state index contributed by atoms with van der Waals surface area (Å²) in [5.41, 5.74) is 15.3. The lowest BCUT2D eigenvalue weighted by molar-refractivity contribution is 0.271. The zero-order valence-corrected chi connectivity index (χ0v) is 19.0. The lowest BCUT2D eigenvalue weighted by atomic mass is 9.71. The van der Waals surface area contributed by atoms with Gasteiger partial charge in [0.15, 0.2) is 5.82 Å². The topological polar surface area (TPSA) is 127 Å². The van der Waals surface area contributed by atoms with Gasteiger partial charge in [-0.3, -0.25) is 4.98 Å². The van der Waals surface area contributed by atoms with E-state index in [0.29, 0.717) is 21.6 Å².